The highest BCUT2D eigenvalue weighted by molar-refractivity contribution is 7.92. The molecule has 0 spiro atoms. The normalized spacial score (nSPS) is 11.1. The molecular weight excluding hydrogens is 443 g/mol. The van der Waals surface area contributed by atoms with Gasteiger partial charge in [-0.15, -0.1) is 0 Å². The van der Waals surface area contributed by atoms with Gasteiger partial charge < -0.3 is 10.1 Å². The summed E-state index contributed by atoms with van der Waals surface area (Å²) in [5, 5.41) is 2.88. The van der Waals surface area contributed by atoms with Crippen molar-refractivity contribution in [2.75, 3.05) is 18.0 Å². The molecule has 0 atom stereocenters. The molecule has 0 saturated heterocycles. The van der Waals surface area contributed by atoms with E-state index in [0.717, 1.165) is 4.31 Å². The van der Waals surface area contributed by atoms with E-state index in [0.29, 0.717) is 16.3 Å². The number of nitrogens with one attached hydrogen (secondary N) is 1. The van der Waals surface area contributed by atoms with E-state index in [2.05, 4.69) is 5.32 Å². The molecule has 0 unspecified atom stereocenters. The average Bonchev–Trinajstić information content (AvgIpc) is 2.77. The number of rotatable bonds is 8. The van der Waals surface area contributed by atoms with Crippen LogP contribution in [0.1, 0.15) is 5.56 Å². The third kappa shape index (κ3) is 5.53. The molecule has 0 radical (unpaired) electrons. The molecule has 1 N–H and O–H groups in total. The fourth-order valence-electron chi connectivity index (χ4n) is 2.84. The van der Waals surface area contributed by atoms with Crippen molar-refractivity contribution in [2.45, 2.75) is 11.4 Å². The molecule has 0 saturated carbocycles. The molecule has 1 amide bonds. The van der Waals surface area contributed by atoms with Crippen molar-refractivity contribution in [3.8, 4) is 5.75 Å². The highest BCUT2D eigenvalue weighted by Crippen LogP contribution is 2.27. The lowest BCUT2D eigenvalue weighted by molar-refractivity contribution is -0.119. The summed E-state index contributed by atoms with van der Waals surface area (Å²) in [6.45, 7) is -0.583. The topological polar surface area (TPSA) is 75.7 Å². The molecule has 0 bridgehead atoms. The molecule has 3 aromatic rings. The Labute approximate surface area is 185 Å². The summed E-state index contributed by atoms with van der Waals surface area (Å²) >= 11 is 6.04. The van der Waals surface area contributed by atoms with Crippen LogP contribution in [0.5, 0.6) is 5.75 Å². The molecule has 0 fully saturated rings. The number of hydrogen-bond donors (Lipinski definition) is 1. The Hall–Kier alpha value is -3.10. The van der Waals surface area contributed by atoms with Crippen LogP contribution < -0.4 is 14.4 Å². The van der Waals surface area contributed by atoms with Gasteiger partial charge in [0.05, 0.1) is 17.7 Å². The molecule has 3 rings (SSSR count). The van der Waals surface area contributed by atoms with Gasteiger partial charge in [0.15, 0.2) is 0 Å². The highest BCUT2D eigenvalue weighted by Gasteiger charge is 2.27. The van der Waals surface area contributed by atoms with Crippen LogP contribution in [0.25, 0.3) is 0 Å². The van der Waals surface area contributed by atoms with E-state index in [1.54, 1.807) is 30.3 Å². The predicted molar refractivity (Wildman–Crippen MR) is 117 cm³/mol. The number of carbonyl (C=O) groups excluding carboxylic acids is 1. The first kappa shape index (κ1) is 22.6. The lowest BCUT2D eigenvalue weighted by atomic mass is 10.2. The third-order valence-electron chi connectivity index (χ3n) is 4.46. The summed E-state index contributed by atoms with van der Waals surface area (Å²) in [5.41, 5.74) is 0.521. The largest absolute Gasteiger partial charge is 0.497 e. The first-order valence-electron chi connectivity index (χ1n) is 9.24. The van der Waals surface area contributed by atoms with E-state index in [9.17, 15) is 17.6 Å². The van der Waals surface area contributed by atoms with Crippen molar-refractivity contribution in [2.24, 2.45) is 0 Å². The second-order valence-electron chi connectivity index (χ2n) is 6.54. The Kier molecular flexibility index (Phi) is 7.14. The van der Waals surface area contributed by atoms with Crippen LogP contribution in [-0.2, 0) is 21.4 Å². The lowest BCUT2D eigenvalue weighted by Crippen LogP contribution is -2.40. The van der Waals surface area contributed by atoms with Crippen molar-refractivity contribution >= 4 is 33.2 Å². The van der Waals surface area contributed by atoms with Gasteiger partial charge in [0.2, 0.25) is 5.91 Å². The molecule has 162 valence electrons. The maximum Gasteiger partial charge on any atom is 0.264 e. The molecule has 6 nitrogen and oxygen atoms in total. The maximum atomic E-state index is 13.8. The fourth-order valence-corrected chi connectivity index (χ4v) is 4.44. The fraction of sp³-hybridized carbons (Fsp3) is 0.136. The van der Waals surface area contributed by atoms with Crippen molar-refractivity contribution in [1.29, 1.82) is 0 Å². The van der Waals surface area contributed by atoms with Crippen LogP contribution in [0.15, 0.2) is 77.7 Å². The minimum Gasteiger partial charge on any atom is -0.497 e. The van der Waals surface area contributed by atoms with Crippen LogP contribution in [0.2, 0.25) is 5.02 Å². The number of amides is 1. The quantitative estimate of drug-likeness (QED) is 0.549. The smallest absolute Gasteiger partial charge is 0.264 e. The van der Waals surface area contributed by atoms with Crippen molar-refractivity contribution in [1.82, 2.24) is 5.32 Å². The van der Waals surface area contributed by atoms with Crippen LogP contribution in [-0.4, -0.2) is 28.0 Å². The average molecular weight is 463 g/mol. The second-order valence-corrected chi connectivity index (χ2v) is 8.83. The maximum absolute atomic E-state index is 13.8. The molecular formula is C22H20ClFN2O4S. The SMILES string of the molecule is COc1ccc(S(=O)(=O)N(CC(=O)NCc2ccccc2F)c2cccc(Cl)c2)cc1. The summed E-state index contributed by atoms with van der Waals surface area (Å²) in [7, 11) is -2.62. The Morgan fingerprint density at radius 1 is 1.06 bits per heavy atom. The number of hydrogen-bond acceptors (Lipinski definition) is 4. The number of sulfonamides is 1. The van der Waals surface area contributed by atoms with E-state index in [4.69, 9.17) is 16.3 Å². The predicted octanol–water partition coefficient (Wildman–Crippen LogP) is 4.00. The molecule has 0 heterocycles. The summed E-state index contributed by atoms with van der Waals surface area (Å²) in [6.07, 6.45) is 0. The zero-order valence-electron chi connectivity index (χ0n) is 16.6. The number of methoxy groups -OCH3 is 1. The van der Waals surface area contributed by atoms with Gasteiger partial charge in [-0.1, -0.05) is 35.9 Å². The Balaban J connectivity index is 1.87. The molecule has 0 aliphatic heterocycles. The summed E-state index contributed by atoms with van der Waals surface area (Å²) in [4.78, 5) is 12.6. The number of nitrogens with zero attached hydrogens (tertiary/aromatic N) is 1. The molecule has 0 aliphatic carbocycles. The summed E-state index contributed by atoms with van der Waals surface area (Å²) in [5.74, 6) is -0.559. The standard InChI is InChI=1S/C22H20ClFN2O4S/c1-30-19-9-11-20(12-10-19)31(28,29)26(18-7-4-6-17(23)13-18)15-22(27)25-14-16-5-2-3-8-21(16)24/h2-13H,14-15H2,1H3,(H,25,27). The number of ether oxygens (including phenoxy) is 1. The van der Waals surface area contributed by atoms with Crippen molar-refractivity contribution in [3.05, 3.63) is 89.2 Å². The highest BCUT2D eigenvalue weighted by atomic mass is 35.5. The minimum atomic E-state index is -4.10. The number of anilines is 1. The van der Waals surface area contributed by atoms with Crippen molar-refractivity contribution in [3.63, 3.8) is 0 Å². The zero-order valence-corrected chi connectivity index (χ0v) is 18.2. The molecule has 0 aliphatic rings. The van der Waals surface area contributed by atoms with Crippen molar-refractivity contribution < 1.29 is 22.3 Å². The molecule has 0 aromatic heterocycles. The first-order valence-corrected chi connectivity index (χ1v) is 11.1. The van der Waals surface area contributed by atoms with Gasteiger partial charge in [0.1, 0.15) is 18.1 Å². The lowest BCUT2D eigenvalue weighted by Gasteiger charge is -2.24. The van der Waals surface area contributed by atoms with E-state index in [1.165, 1.54) is 49.6 Å². The molecule has 31 heavy (non-hydrogen) atoms. The van der Waals surface area contributed by atoms with Gasteiger partial charge >= 0.3 is 0 Å². The van der Waals surface area contributed by atoms with E-state index in [1.807, 2.05) is 0 Å². The van der Waals surface area contributed by atoms with Gasteiger partial charge in [-0.2, -0.15) is 0 Å². The third-order valence-corrected chi connectivity index (χ3v) is 6.49. The summed E-state index contributed by atoms with van der Waals surface area (Å²) < 4.78 is 46.4. The number of halogens is 2. The van der Waals surface area contributed by atoms with Crippen LogP contribution in [0.3, 0.4) is 0 Å². The van der Waals surface area contributed by atoms with E-state index in [-0.39, 0.29) is 17.1 Å². The second kappa shape index (κ2) is 9.80. The van der Waals surface area contributed by atoms with E-state index >= 15 is 0 Å². The number of carbonyl (C=O) groups is 1. The summed E-state index contributed by atoms with van der Waals surface area (Å²) in [6, 6.07) is 18.0. The minimum absolute atomic E-state index is 0.0184. The molecule has 9 heteroatoms. The van der Waals surface area contributed by atoms with Gasteiger partial charge in [-0.3, -0.25) is 9.10 Å². The van der Waals surface area contributed by atoms with Gasteiger partial charge in [0, 0.05) is 17.1 Å². The first-order chi connectivity index (χ1) is 14.8. The van der Waals surface area contributed by atoms with E-state index < -0.39 is 28.3 Å². The zero-order chi connectivity index (χ0) is 22.4. The van der Waals surface area contributed by atoms with Crippen LogP contribution in [0.4, 0.5) is 10.1 Å². The number of benzene rings is 3. The Morgan fingerprint density at radius 2 is 1.77 bits per heavy atom. The van der Waals surface area contributed by atoms with Crippen LogP contribution in [0, 0.1) is 5.82 Å². The Bertz CT molecular complexity index is 1170. The van der Waals surface area contributed by atoms with Gasteiger partial charge in [-0.25, -0.2) is 12.8 Å². The molecule has 3 aromatic carbocycles. The Morgan fingerprint density at radius 3 is 2.42 bits per heavy atom. The van der Waals surface area contributed by atoms with Gasteiger partial charge in [-0.05, 0) is 48.5 Å². The van der Waals surface area contributed by atoms with Crippen LogP contribution >= 0.6 is 11.6 Å². The van der Waals surface area contributed by atoms with Gasteiger partial charge in [0.25, 0.3) is 10.0 Å². The monoisotopic (exact) mass is 462 g/mol.